The molecular formula is C26H25IN2O5. The molecule has 3 rings (SSSR count). The van der Waals surface area contributed by atoms with Crippen molar-refractivity contribution in [3.8, 4) is 0 Å². The number of alkyl carbamates (subject to hydrolysis) is 1. The molecule has 2 amide bonds. The number of carbonyl (C=O) groups is 3. The number of nitrogens with one attached hydrogen (secondary N) is 2. The standard InChI is InChI=1S/C26H25IN2O5/c27-21-14-8-7-13-20(21)16-23(25(31)32)28-24(30)22(15-18-9-3-1-4-10-18)29-26(33)34-17-19-11-5-2-6-12-19/h1-14,22-23H,15-17H2,(H,28,30)(H,29,33)(H,31,32)/t22-,23+/m0/s1. The molecule has 0 aliphatic rings. The molecular weight excluding hydrogens is 547 g/mol. The van der Waals surface area contributed by atoms with Crippen molar-refractivity contribution in [1.82, 2.24) is 10.6 Å². The number of carboxylic acid groups (broad SMARTS) is 1. The van der Waals surface area contributed by atoms with Crippen LogP contribution in [0.4, 0.5) is 4.79 Å². The lowest BCUT2D eigenvalue weighted by Gasteiger charge is -2.22. The molecule has 176 valence electrons. The van der Waals surface area contributed by atoms with Gasteiger partial charge < -0.3 is 20.5 Å². The average molecular weight is 572 g/mol. The van der Waals surface area contributed by atoms with Crippen LogP contribution in [0.2, 0.25) is 0 Å². The zero-order chi connectivity index (χ0) is 24.3. The number of hydrogen-bond acceptors (Lipinski definition) is 4. The highest BCUT2D eigenvalue weighted by Crippen LogP contribution is 2.14. The Labute approximate surface area is 211 Å². The normalized spacial score (nSPS) is 12.3. The first kappa shape index (κ1) is 25.2. The lowest BCUT2D eigenvalue weighted by molar-refractivity contribution is -0.142. The molecule has 2 atom stereocenters. The lowest BCUT2D eigenvalue weighted by atomic mass is 10.0. The fraction of sp³-hybridized carbons (Fsp3) is 0.192. The zero-order valence-corrected chi connectivity index (χ0v) is 20.5. The molecule has 7 nitrogen and oxygen atoms in total. The maximum absolute atomic E-state index is 13.1. The predicted molar refractivity (Wildman–Crippen MR) is 136 cm³/mol. The molecule has 0 aliphatic carbocycles. The Bertz CT molecular complexity index is 1110. The van der Waals surface area contributed by atoms with Gasteiger partial charge in [-0.15, -0.1) is 0 Å². The minimum absolute atomic E-state index is 0.0521. The van der Waals surface area contributed by atoms with Gasteiger partial charge in [-0.2, -0.15) is 0 Å². The number of rotatable bonds is 10. The number of amides is 2. The first-order valence-electron chi connectivity index (χ1n) is 10.7. The average Bonchev–Trinajstić information content (AvgIpc) is 2.84. The van der Waals surface area contributed by atoms with Crippen LogP contribution in [0, 0.1) is 3.57 Å². The molecule has 0 aromatic heterocycles. The number of ether oxygens (including phenoxy) is 1. The van der Waals surface area contributed by atoms with Gasteiger partial charge in [0.1, 0.15) is 18.7 Å². The van der Waals surface area contributed by atoms with Gasteiger partial charge in [-0.25, -0.2) is 9.59 Å². The molecule has 0 saturated heterocycles. The summed E-state index contributed by atoms with van der Waals surface area (Å²) in [5.74, 6) is -1.75. The molecule has 8 heteroatoms. The van der Waals surface area contributed by atoms with E-state index < -0.39 is 30.1 Å². The second-order valence-electron chi connectivity index (χ2n) is 7.64. The van der Waals surface area contributed by atoms with E-state index in [2.05, 4.69) is 33.2 Å². The molecule has 0 heterocycles. The Morgan fingerprint density at radius 1 is 0.765 bits per heavy atom. The van der Waals surface area contributed by atoms with E-state index in [1.807, 2.05) is 84.9 Å². The Balaban J connectivity index is 1.70. The number of hydrogen-bond donors (Lipinski definition) is 3. The number of carbonyl (C=O) groups excluding carboxylic acids is 2. The fourth-order valence-electron chi connectivity index (χ4n) is 3.32. The van der Waals surface area contributed by atoms with Crippen molar-refractivity contribution in [3.05, 3.63) is 105 Å². The van der Waals surface area contributed by atoms with E-state index in [1.54, 1.807) is 0 Å². The molecule has 0 radical (unpaired) electrons. The van der Waals surface area contributed by atoms with Crippen molar-refractivity contribution < 1.29 is 24.2 Å². The van der Waals surface area contributed by atoms with Gasteiger partial charge in [-0.05, 0) is 45.3 Å². The van der Waals surface area contributed by atoms with Crippen molar-refractivity contribution in [1.29, 1.82) is 0 Å². The fourth-order valence-corrected chi connectivity index (χ4v) is 3.93. The first-order valence-corrected chi connectivity index (χ1v) is 11.8. The summed E-state index contributed by atoms with van der Waals surface area (Å²) >= 11 is 2.13. The van der Waals surface area contributed by atoms with Crippen LogP contribution in [-0.4, -0.2) is 35.2 Å². The van der Waals surface area contributed by atoms with Crippen molar-refractivity contribution >= 4 is 40.6 Å². The molecule has 0 bridgehead atoms. The van der Waals surface area contributed by atoms with Crippen LogP contribution >= 0.6 is 22.6 Å². The topological polar surface area (TPSA) is 105 Å². The monoisotopic (exact) mass is 572 g/mol. The summed E-state index contributed by atoms with van der Waals surface area (Å²) < 4.78 is 6.17. The summed E-state index contributed by atoms with van der Waals surface area (Å²) in [6.07, 6.45) is -0.455. The Hall–Kier alpha value is -3.40. The van der Waals surface area contributed by atoms with Crippen LogP contribution in [-0.2, 0) is 33.8 Å². The minimum atomic E-state index is -1.15. The highest BCUT2D eigenvalue weighted by Gasteiger charge is 2.28. The van der Waals surface area contributed by atoms with Gasteiger partial charge in [-0.1, -0.05) is 78.9 Å². The molecule has 3 aromatic carbocycles. The Kier molecular flexibility index (Phi) is 9.45. The molecule has 0 fully saturated rings. The number of carboxylic acids is 1. The second kappa shape index (κ2) is 12.7. The van der Waals surface area contributed by atoms with Gasteiger partial charge in [0.2, 0.25) is 5.91 Å². The molecule has 3 N–H and O–H groups in total. The van der Waals surface area contributed by atoms with E-state index in [1.165, 1.54) is 0 Å². The first-order chi connectivity index (χ1) is 16.4. The van der Waals surface area contributed by atoms with Crippen LogP contribution < -0.4 is 10.6 Å². The van der Waals surface area contributed by atoms with E-state index in [-0.39, 0.29) is 19.4 Å². The SMILES string of the molecule is O=C(N[C@@H](Cc1ccccc1)C(=O)N[C@H](Cc1ccccc1I)C(=O)O)OCc1ccccc1. The lowest BCUT2D eigenvalue weighted by Crippen LogP contribution is -2.53. The van der Waals surface area contributed by atoms with E-state index in [0.717, 1.165) is 20.3 Å². The highest BCUT2D eigenvalue weighted by molar-refractivity contribution is 14.1. The van der Waals surface area contributed by atoms with Gasteiger partial charge in [-0.3, -0.25) is 4.79 Å². The van der Waals surface area contributed by atoms with Gasteiger partial charge in [0, 0.05) is 16.4 Å². The van der Waals surface area contributed by atoms with Gasteiger partial charge in [0.05, 0.1) is 0 Å². The number of aliphatic carboxylic acids is 1. The maximum atomic E-state index is 13.1. The van der Waals surface area contributed by atoms with Crippen LogP contribution in [0.25, 0.3) is 0 Å². The van der Waals surface area contributed by atoms with Crippen LogP contribution in [0.15, 0.2) is 84.9 Å². The summed E-state index contributed by atoms with van der Waals surface area (Å²) in [6.45, 7) is 0.0521. The van der Waals surface area contributed by atoms with E-state index >= 15 is 0 Å². The molecule has 0 saturated carbocycles. The predicted octanol–water partition coefficient (Wildman–Crippen LogP) is 3.94. The zero-order valence-electron chi connectivity index (χ0n) is 18.3. The van der Waals surface area contributed by atoms with E-state index in [9.17, 15) is 19.5 Å². The minimum Gasteiger partial charge on any atom is -0.480 e. The van der Waals surface area contributed by atoms with Gasteiger partial charge in [0.25, 0.3) is 0 Å². The highest BCUT2D eigenvalue weighted by atomic mass is 127. The summed E-state index contributed by atoms with van der Waals surface area (Å²) in [7, 11) is 0. The molecule has 34 heavy (non-hydrogen) atoms. The van der Waals surface area contributed by atoms with Crippen molar-refractivity contribution in [3.63, 3.8) is 0 Å². The Morgan fingerprint density at radius 3 is 1.97 bits per heavy atom. The van der Waals surface area contributed by atoms with Crippen LogP contribution in [0.3, 0.4) is 0 Å². The second-order valence-corrected chi connectivity index (χ2v) is 8.81. The van der Waals surface area contributed by atoms with Crippen molar-refractivity contribution in [2.45, 2.75) is 31.5 Å². The molecule has 3 aromatic rings. The quantitative estimate of drug-likeness (QED) is 0.320. The van der Waals surface area contributed by atoms with Crippen LogP contribution in [0.5, 0.6) is 0 Å². The van der Waals surface area contributed by atoms with Gasteiger partial charge in [0.15, 0.2) is 0 Å². The van der Waals surface area contributed by atoms with E-state index in [4.69, 9.17) is 4.74 Å². The largest absolute Gasteiger partial charge is 0.480 e. The molecule has 0 spiro atoms. The van der Waals surface area contributed by atoms with Gasteiger partial charge >= 0.3 is 12.1 Å². The Morgan fingerprint density at radius 2 is 1.35 bits per heavy atom. The third kappa shape index (κ3) is 7.87. The maximum Gasteiger partial charge on any atom is 0.408 e. The third-order valence-electron chi connectivity index (χ3n) is 5.10. The van der Waals surface area contributed by atoms with E-state index in [0.29, 0.717) is 0 Å². The summed E-state index contributed by atoms with van der Waals surface area (Å²) in [6, 6.07) is 23.6. The van der Waals surface area contributed by atoms with Crippen molar-refractivity contribution in [2.75, 3.05) is 0 Å². The van der Waals surface area contributed by atoms with Crippen LogP contribution in [0.1, 0.15) is 16.7 Å². The number of halogens is 1. The molecule has 0 aliphatic heterocycles. The molecule has 0 unspecified atom stereocenters. The number of benzene rings is 3. The smallest absolute Gasteiger partial charge is 0.408 e. The van der Waals surface area contributed by atoms with Crippen molar-refractivity contribution in [2.24, 2.45) is 0 Å². The summed E-state index contributed by atoms with van der Waals surface area (Å²) in [5.41, 5.74) is 2.44. The summed E-state index contributed by atoms with van der Waals surface area (Å²) in [5, 5.41) is 14.9. The third-order valence-corrected chi connectivity index (χ3v) is 6.15. The summed E-state index contributed by atoms with van der Waals surface area (Å²) in [4.78, 5) is 37.4.